The minimum Gasteiger partial charge on any atom is -0.313 e. The molecular formula is C12H11N3O3. The number of hydrogen-bond donors (Lipinski definition) is 2. The Bertz CT molecular complexity index is 673. The second-order valence-corrected chi connectivity index (χ2v) is 3.69. The number of hydrogen-bond acceptors (Lipinski definition) is 3. The van der Waals surface area contributed by atoms with Gasteiger partial charge in [-0.2, -0.15) is 0 Å². The lowest BCUT2D eigenvalue weighted by Crippen LogP contribution is -2.34. The number of nitrogens with zero attached hydrogens (tertiary/aromatic N) is 1. The van der Waals surface area contributed by atoms with E-state index in [0.29, 0.717) is 5.69 Å². The van der Waals surface area contributed by atoms with Crippen molar-refractivity contribution in [2.24, 2.45) is 0 Å². The van der Waals surface area contributed by atoms with Crippen LogP contribution in [0.25, 0.3) is 0 Å². The van der Waals surface area contributed by atoms with Crippen molar-refractivity contribution < 1.29 is 4.79 Å². The molecule has 2 aromatic rings. The monoisotopic (exact) mass is 245 g/mol. The average molecular weight is 245 g/mol. The van der Waals surface area contributed by atoms with Crippen LogP contribution < -0.4 is 16.1 Å². The van der Waals surface area contributed by atoms with Crippen molar-refractivity contribution in [1.82, 2.24) is 9.97 Å². The van der Waals surface area contributed by atoms with Crippen LogP contribution in [0, 0.1) is 0 Å². The molecule has 0 radical (unpaired) electrons. The van der Waals surface area contributed by atoms with Gasteiger partial charge in [0.05, 0.1) is 0 Å². The van der Waals surface area contributed by atoms with E-state index < -0.39 is 17.2 Å². The Hall–Kier alpha value is -2.63. The number of carbonyl (C=O) groups excluding carboxylic acids is 1. The largest absolute Gasteiger partial charge is 0.325 e. The number of aromatic nitrogens is 2. The van der Waals surface area contributed by atoms with Crippen LogP contribution in [0.1, 0.15) is 10.4 Å². The van der Waals surface area contributed by atoms with Crippen LogP contribution in [0.15, 0.2) is 46.1 Å². The van der Waals surface area contributed by atoms with Crippen LogP contribution >= 0.6 is 0 Å². The highest BCUT2D eigenvalue weighted by Crippen LogP contribution is 2.12. The van der Waals surface area contributed by atoms with Crippen molar-refractivity contribution in [2.75, 3.05) is 11.9 Å². The van der Waals surface area contributed by atoms with Crippen LogP contribution in [0.3, 0.4) is 0 Å². The number of nitrogens with one attached hydrogen (secondary N) is 2. The number of rotatable bonds is 2. The molecule has 1 aromatic heterocycles. The van der Waals surface area contributed by atoms with Gasteiger partial charge in [0.1, 0.15) is 5.56 Å². The predicted octanol–water partition coefficient (Wildman–Crippen LogP) is 0.340. The quantitative estimate of drug-likeness (QED) is 0.799. The van der Waals surface area contributed by atoms with Gasteiger partial charge in [0, 0.05) is 18.9 Å². The molecule has 0 bridgehead atoms. The first-order valence-electron chi connectivity index (χ1n) is 5.24. The topological polar surface area (TPSA) is 86.0 Å². The van der Waals surface area contributed by atoms with Crippen LogP contribution in [-0.2, 0) is 0 Å². The van der Waals surface area contributed by atoms with Crippen molar-refractivity contribution in [3.05, 3.63) is 62.9 Å². The zero-order valence-electron chi connectivity index (χ0n) is 9.64. The van der Waals surface area contributed by atoms with Crippen molar-refractivity contribution in [1.29, 1.82) is 0 Å². The molecule has 0 saturated carbocycles. The molecule has 1 aromatic carbocycles. The molecule has 2 N–H and O–H groups in total. The predicted molar refractivity (Wildman–Crippen MR) is 66.9 cm³/mol. The summed E-state index contributed by atoms with van der Waals surface area (Å²) in [5, 5.41) is 0. The van der Waals surface area contributed by atoms with E-state index in [1.807, 2.05) is 11.1 Å². The molecule has 0 atom stereocenters. The molecule has 0 aliphatic carbocycles. The van der Waals surface area contributed by atoms with Crippen molar-refractivity contribution in [3.63, 3.8) is 0 Å². The first-order chi connectivity index (χ1) is 8.59. The second kappa shape index (κ2) is 4.70. The third kappa shape index (κ3) is 2.22. The molecule has 18 heavy (non-hydrogen) atoms. The van der Waals surface area contributed by atoms with Crippen molar-refractivity contribution >= 4 is 11.6 Å². The van der Waals surface area contributed by atoms with Gasteiger partial charge in [-0.1, -0.05) is 18.2 Å². The lowest BCUT2D eigenvalue weighted by atomic mass is 10.2. The average Bonchev–Trinajstić information content (AvgIpc) is 2.38. The third-order valence-corrected chi connectivity index (χ3v) is 2.50. The van der Waals surface area contributed by atoms with E-state index in [-0.39, 0.29) is 5.56 Å². The summed E-state index contributed by atoms with van der Waals surface area (Å²) in [4.78, 5) is 40.0. The molecule has 0 fully saturated rings. The smallest absolute Gasteiger partial charge is 0.313 e. The second-order valence-electron chi connectivity index (χ2n) is 3.69. The maximum Gasteiger partial charge on any atom is 0.325 e. The number of aromatic amines is 2. The van der Waals surface area contributed by atoms with Gasteiger partial charge in [0.2, 0.25) is 0 Å². The molecule has 92 valence electrons. The minimum absolute atomic E-state index is 0.110. The molecule has 0 aliphatic rings. The Morgan fingerprint density at radius 2 is 1.83 bits per heavy atom. The summed E-state index contributed by atoms with van der Waals surface area (Å²) >= 11 is 0. The fourth-order valence-corrected chi connectivity index (χ4v) is 1.52. The third-order valence-electron chi connectivity index (χ3n) is 2.50. The summed E-state index contributed by atoms with van der Waals surface area (Å²) in [5.41, 5.74) is -0.792. The van der Waals surface area contributed by atoms with E-state index >= 15 is 0 Å². The standard InChI is InChI=1S/C12H11N3O3/c1-15(8-5-3-2-4-6-8)11(17)9-7-13-12(18)14-10(9)16/h2-7H,1H3,(H2,13,14,16,18). The van der Waals surface area contributed by atoms with Crippen LogP contribution in [0.5, 0.6) is 0 Å². The highest BCUT2D eigenvalue weighted by Gasteiger charge is 2.16. The highest BCUT2D eigenvalue weighted by atomic mass is 16.2. The molecule has 0 aliphatic heterocycles. The Morgan fingerprint density at radius 1 is 1.17 bits per heavy atom. The molecule has 2 rings (SSSR count). The lowest BCUT2D eigenvalue weighted by molar-refractivity contribution is 0.0991. The zero-order chi connectivity index (χ0) is 13.1. The van der Waals surface area contributed by atoms with Gasteiger partial charge in [-0.25, -0.2) is 4.79 Å². The number of para-hydroxylation sites is 1. The molecule has 0 saturated heterocycles. The fourth-order valence-electron chi connectivity index (χ4n) is 1.52. The summed E-state index contributed by atoms with van der Waals surface area (Å²) in [7, 11) is 1.56. The highest BCUT2D eigenvalue weighted by molar-refractivity contribution is 6.05. The summed E-state index contributed by atoms with van der Waals surface area (Å²) in [6.07, 6.45) is 1.11. The SMILES string of the molecule is CN(C(=O)c1c[nH]c(=O)[nH]c1=O)c1ccccc1. The van der Waals surface area contributed by atoms with Gasteiger partial charge in [0.25, 0.3) is 11.5 Å². The van der Waals surface area contributed by atoms with Gasteiger partial charge >= 0.3 is 5.69 Å². The first-order valence-corrected chi connectivity index (χ1v) is 5.24. The molecule has 1 amide bonds. The summed E-state index contributed by atoms with van der Waals surface area (Å²) in [6.45, 7) is 0. The summed E-state index contributed by atoms with van der Waals surface area (Å²) in [5.74, 6) is -0.487. The Morgan fingerprint density at radius 3 is 2.44 bits per heavy atom. The Balaban J connectivity index is 2.38. The molecule has 6 nitrogen and oxygen atoms in total. The summed E-state index contributed by atoms with van der Waals surface area (Å²) in [6, 6.07) is 8.90. The van der Waals surface area contributed by atoms with E-state index in [2.05, 4.69) is 4.98 Å². The lowest BCUT2D eigenvalue weighted by Gasteiger charge is -2.16. The molecule has 0 spiro atoms. The first kappa shape index (κ1) is 11.8. The van der Waals surface area contributed by atoms with Gasteiger partial charge in [0.15, 0.2) is 0 Å². The normalized spacial score (nSPS) is 10.1. The van der Waals surface area contributed by atoms with E-state index in [9.17, 15) is 14.4 Å². The zero-order valence-corrected chi connectivity index (χ0v) is 9.64. The molecule has 6 heteroatoms. The maximum absolute atomic E-state index is 12.1. The van der Waals surface area contributed by atoms with Gasteiger partial charge < -0.3 is 9.88 Å². The number of anilines is 1. The fraction of sp³-hybridized carbons (Fsp3) is 0.0833. The number of H-pyrrole nitrogens is 2. The van der Waals surface area contributed by atoms with E-state index in [0.717, 1.165) is 6.20 Å². The maximum atomic E-state index is 12.1. The van der Waals surface area contributed by atoms with Crippen molar-refractivity contribution in [3.8, 4) is 0 Å². The van der Waals surface area contributed by atoms with Crippen LogP contribution in [-0.4, -0.2) is 22.9 Å². The van der Waals surface area contributed by atoms with Crippen molar-refractivity contribution in [2.45, 2.75) is 0 Å². The van der Waals surface area contributed by atoms with Gasteiger partial charge in [-0.05, 0) is 12.1 Å². The molecule has 1 heterocycles. The van der Waals surface area contributed by atoms with Crippen LogP contribution in [0.4, 0.5) is 5.69 Å². The van der Waals surface area contributed by atoms with Gasteiger partial charge in [-0.3, -0.25) is 14.6 Å². The number of carbonyl (C=O) groups is 1. The summed E-state index contributed by atoms with van der Waals surface area (Å²) < 4.78 is 0. The minimum atomic E-state index is -0.702. The van der Waals surface area contributed by atoms with Gasteiger partial charge in [-0.15, -0.1) is 0 Å². The van der Waals surface area contributed by atoms with E-state index in [1.165, 1.54) is 4.90 Å². The number of benzene rings is 1. The Kier molecular flexibility index (Phi) is 3.09. The molecular weight excluding hydrogens is 234 g/mol. The molecule has 0 unspecified atom stereocenters. The van der Waals surface area contributed by atoms with E-state index in [4.69, 9.17) is 0 Å². The van der Waals surface area contributed by atoms with Crippen LogP contribution in [0.2, 0.25) is 0 Å². The number of amides is 1. The Labute approximate surface area is 102 Å². The van der Waals surface area contributed by atoms with E-state index in [1.54, 1.807) is 31.3 Å².